The summed E-state index contributed by atoms with van der Waals surface area (Å²) in [5.41, 5.74) is 6.45. The Morgan fingerprint density at radius 2 is 2.36 bits per heavy atom. The third-order valence-electron chi connectivity index (χ3n) is 2.39. The van der Waals surface area contributed by atoms with Crippen molar-refractivity contribution in [1.29, 1.82) is 0 Å². The van der Waals surface area contributed by atoms with E-state index in [1.165, 1.54) is 12.8 Å². The molecule has 1 fully saturated rings. The van der Waals surface area contributed by atoms with E-state index in [-0.39, 0.29) is 0 Å². The Kier molecular flexibility index (Phi) is 2.63. The molecule has 2 N–H and O–H groups in total. The molecule has 76 valence electrons. The third-order valence-corrected chi connectivity index (χ3v) is 2.39. The van der Waals surface area contributed by atoms with Crippen LogP contribution >= 0.6 is 0 Å². The van der Waals surface area contributed by atoms with Crippen molar-refractivity contribution in [3.05, 3.63) is 17.7 Å². The van der Waals surface area contributed by atoms with E-state index >= 15 is 0 Å². The summed E-state index contributed by atoms with van der Waals surface area (Å²) >= 11 is 0. The summed E-state index contributed by atoms with van der Waals surface area (Å²) < 4.78 is 5.17. The monoisotopic (exact) mass is 193 g/mol. The van der Waals surface area contributed by atoms with Gasteiger partial charge in [-0.1, -0.05) is 0 Å². The molecular weight excluding hydrogens is 178 g/mol. The van der Waals surface area contributed by atoms with Crippen LogP contribution in [-0.4, -0.2) is 23.6 Å². The summed E-state index contributed by atoms with van der Waals surface area (Å²) in [6.07, 6.45) is 4.94. The second-order valence-electron chi connectivity index (χ2n) is 3.56. The summed E-state index contributed by atoms with van der Waals surface area (Å²) in [5.74, 6) is 2.28. The molecule has 0 bridgehead atoms. The second kappa shape index (κ2) is 3.92. The SMILES string of the molecule is COc1cnc(C2CC2)nc1CCN. The number of aromatic nitrogens is 2. The van der Waals surface area contributed by atoms with Gasteiger partial charge in [0.2, 0.25) is 0 Å². The third kappa shape index (κ3) is 1.85. The number of rotatable bonds is 4. The molecule has 14 heavy (non-hydrogen) atoms. The minimum absolute atomic E-state index is 0.581. The van der Waals surface area contributed by atoms with Gasteiger partial charge in [-0.25, -0.2) is 9.97 Å². The lowest BCUT2D eigenvalue weighted by Gasteiger charge is -2.07. The average molecular weight is 193 g/mol. The maximum absolute atomic E-state index is 5.51. The Labute approximate surface area is 83.5 Å². The summed E-state index contributed by atoms with van der Waals surface area (Å²) in [7, 11) is 1.63. The van der Waals surface area contributed by atoms with Crippen LogP contribution in [0.1, 0.15) is 30.3 Å². The van der Waals surface area contributed by atoms with Gasteiger partial charge < -0.3 is 10.5 Å². The van der Waals surface area contributed by atoms with Crippen LogP contribution in [-0.2, 0) is 6.42 Å². The predicted octanol–water partition coefficient (Wildman–Crippen LogP) is 0.864. The van der Waals surface area contributed by atoms with E-state index in [9.17, 15) is 0 Å². The van der Waals surface area contributed by atoms with Crippen LogP contribution in [0, 0.1) is 0 Å². The van der Waals surface area contributed by atoms with Gasteiger partial charge in [0.05, 0.1) is 19.0 Å². The van der Waals surface area contributed by atoms with Gasteiger partial charge in [-0.15, -0.1) is 0 Å². The lowest BCUT2D eigenvalue weighted by atomic mass is 10.2. The minimum Gasteiger partial charge on any atom is -0.493 e. The van der Waals surface area contributed by atoms with Gasteiger partial charge in [0, 0.05) is 12.3 Å². The van der Waals surface area contributed by atoms with Crippen molar-refractivity contribution in [2.24, 2.45) is 5.73 Å². The molecular formula is C10H15N3O. The topological polar surface area (TPSA) is 61.0 Å². The molecule has 1 aliphatic rings. The van der Waals surface area contributed by atoms with Crippen molar-refractivity contribution in [2.75, 3.05) is 13.7 Å². The lowest BCUT2D eigenvalue weighted by Crippen LogP contribution is -2.08. The molecule has 0 amide bonds. The van der Waals surface area contributed by atoms with Crippen molar-refractivity contribution in [1.82, 2.24) is 9.97 Å². The number of nitrogens with zero attached hydrogens (tertiary/aromatic N) is 2. The normalized spacial score (nSPS) is 15.6. The van der Waals surface area contributed by atoms with Gasteiger partial charge in [-0.05, 0) is 19.4 Å². The van der Waals surface area contributed by atoms with Crippen molar-refractivity contribution in [2.45, 2.75) is 25.2 Å². The van der Waals surface area contributed by atoms with E-state index in [0.717, 1.165) is 23.7 Å². The molecule has 1 aliphatic carbocycles. The fraction of sp³-hybridized carbons (Fsp3) is 0.600. The predicted molar refractivity (Wildman–Crippen MR) is 53.3 cm³/mol. The van der Waals surface area contributed by atoms with E-state index in [4.69, 9.17) is 10.5 Å². The Morgan fingerprint density at radius 3 is 2.93 bits per heavy atom. The molecule has 2 rings (SSSR count). The van der Waals surface area contributed by atoms with Crippen LogP contribution in [0.5, 0.6) is 5.75 Å². The molecule has 4 nitrogen and oxygen atoms in total. The largest absolute Gasteiger partial charge is 0.493 e. The first kappa shape index (κ1) is 9.40. The maximum Gasteiger partial charge on any atom is 0.158 e. The molecule has 1 heterocycles. The highest BCUT2D eigenvalue weighted by molar-refractivity contribution is 5.26. The molecule has 0 spiro atoms. The smallest absolute Gasteiger partial charge is 0.158 e. The van der Waals surface area contributed by atoms with Gasteiger partial charge in [-0.3, -0.25) is 0 Å². The number of ether oxygens (including phenoxy) is 1. The number of hydrogen-bond acceptors (Lipinski definition) is 4. The van der Waals surface area contributed by atoms with Gasteiger partial charge in [0.25, 0.3) is 0 Å². The molecule has 0 saturated heterocycles. The van der Waals surface area contributed by atoms with Crippen LogP contribution in [0.3, 0.4) is 0 Å². The second-order valence-corrected chi connectivity index (χ2v) is 3.56. The van der Waals surface area contributed by atoms with Gasteiger partial charge >= 0.3 is 0 Å². The first-order chi connectivity index (χ1) is 6.85. The standard InChI is InChI=1S/C10H15N3O/c1-14-9-6-12-10(7-2-3-7)13-8(9)4-5-11/h6-7H,2-5,11H2,1H3. The summed E-state index contributed by atoms with van der Waals surface area (Å²) in [5, 5.41) is 0. The Hall–Kier alpha value is -1.16. The molecule has 1 aromatic rings. The van der Waals surface area contributed by atoms with Crippen LogP contribution in [0.25, 0.3) is 0 Å². The van der Waals surface area contributed by atoms with E-state index in [0.29, 0.717) is 12.5 Å². The molecule has 0 atom stereocenters. The highest BCUT2D eigenvalue weighted by Gasteiger charge is 2.27. The summed E-state index contributed by atoms with van der Waals surface area (Å²) in [6, 6.07) is 0. The van der Waals surface area contributed by atoms with Crippen molar-refractivity contribution >= 4 is 0 Å². The maximum atomic E-state index is 5.51. The summed E-state index contributed by atoms with van der Waals surface area (Å²) in [4.78, 5) is 8.76. The van der Waals surface area contributed by atoms with Gasteiger partial charge in [0.1, 0.15) is 5.82 Å². The van der Waals surface area contributed by atoms with Crippen molar-refractivity contribution in [3.8, 4) is 5.75 Å². The van der Waals surface area contributed by atoms with Crippen molar-refractivity contribution in [3.63, 3.8) is 0 Å². The lowest BCUT2D eigenvalue weighted by molar-refractivity contribution is 0.403. The zero-order valence-electron chi connectivity index (χ0n) is 8.36. The van der Waals surface area contributed by atoms with E-state index in [1.54, 1.807) is 13.3 Å². The molecule has 4 heteroatoms. The molecule has 1 saturated carbocycles. The highest BCUT2D eigenvalue weighted by atomic mass is 16.5. The Morgan fingerprint density at radius 1 is 1.57 bits per heavy atom. The molecule has 0 radical (unpaired) electrons. The summed E-state index contributed by atoms with van der Waals surface area (Å²) in [6.45, 7) is 0.595. The van der Waals surface area contributed by atoms with Crippen LogP contribution in [0.2, 0.25) is 0 Å². The zero-order chi connectivity index (χ0) is 9.97. The van der Waals surface area contributed by atoms with Gasteiger partial charge in [-0.2, -0.15) is 0 Å². The number of methoxy groups -OCH3 is 1. The van der Waals surface area contributed by atoms with Crippen LogP contribution < -0.4 is 10.5 Å². The minimum atomic E-state index is 0.581. The Balaban J connectivity index is 2.26. The fourth-order valence-corrected chi connectivity index (χ4v) is 1.45. The van der Waals surface area contributed by atoms with E-state index in [1.807, 2.05) is 0 Å². The molecule has 0 aliphatic heterocycles. The van der Waals surface area contributed by atoms with Crippen LogP contribution in [0.4, 0.5) is 0 Å². The number of hydrogen-bond donors (Lipinski definition) is 1. The van der Waals surface area contributed by atoms with E-state index in [2.05, 4.69) is 9.97 Å². The van der Waals surface area contributed by atoms with Crippen molar-refractivity contribution < 1.29 is 4.74 Å². The molecule has 0 aromatic carbocycles. The molecule has 0 unspecified atom stereocenters. The highest BCUT2D eigenvalue weighted by Crippen LogP contribution is 2.38. The first-order valence-corrected chi connectivity index (χ1v) is 4.95. The quantitative estimate of drug-likeness (QED) is 0.770. The van der Waals surface area contributed by atoms with Gasteiger partial charge in [0.15, 0.2) is 5.75 Å². The van der Waals surface area contributed by atoms with E-state index < -0.39 is 0 Å². The average Bonchev–Trinajstić information content (AvgIpc) is 3.01. The fourth-order valence-electron chi connectivity index (χ4n) is 1.45. The number of nitrogens with two attached hydrogens (primary N) is 1. The molecule has 1 aromatic heterocycles. The first-order valence-electron chi connectivity index (χ1n) is 4.95. The Bertz CT molecular complexity index is 323. The van der Waals surface area contributed by atoms with Crippen LogP contribution in [0.15, 0.2) is 6.20 Å². The zero-order valence-corrected chi connectivity index (χ0v) is 8.36.